The molecule has 0 aromatic carbocycles. The molecule has 1 atom stereocenters. The minimum atomic E-state index is -0.0149. The molecule has 0 amide bonds. The maximum absolute atomic E-state index is 12.5. The Morgan fingerprint density at radius 1 is 0.474 bits per heavy atom. The minimum absolute atomic E-state index is 0.0149. The van der Waals surface area contributed by atoms with E-state index in [1.54, 1.807) is 0 Å². The highest BCUT2D eigenvalue weighted by Gasteiger charge is 2.23. The first-order chi connectivity index (χ1) is 18.2. The Balaban J connectivity index is 3.56. The zero-order valence-electron chi connectivity index (χ0n) is 26.5. The molecule has 0 radical (unpaired) electrons. The van der Waals surface area contributed by atoms with Gasteiger partial charge in [-0.3, -0.25) is 9.59 Å². The fraction of sp³-hybridized carbons (Fsp3) is 0.941. The molecule has 0 saturated heterocycles. The molecule has 0 aliphatic carbocycles. The number of esters is 2. The van der Waals surface area contributed by atoms with Crippen molar-refractivity contribution in [1.29, 1.82) is 0 Å². The average molecular weight is 539 g/mol. The summed E-state index contributed by atoms with van der Waals surface area (Å²) in [6.45, 7) is 14.5. The summed E-state index contributed by atoms with van der Waals surface area (Å²) >= 11 is 0. The van der Waals surface area contributed by atoms with Crippen molar-refractivity contribution < 1.29 is 19.1 Å². The van der Waals surface area contributed by atoms with Crippen LogP contribution in [0.15, 0.2) is 0 Å². The highest BCUT2D eigenvalue weighted by atomic mass is 16.5. The molecular weight excluding hydrogens is 472 g/mol. The standard InChI is InChI=1S/C34H66O4/c1-29(2)23-17-15-21-27-37-33(35)26-20-14-12-10-8-7-9-11-13-19-25-32(31(5)6)34(36)38-28-22-16-18-24-30(3)4/h29-32H,7-28H2,1-6H3. The number of rotatable bonds is 27. The number of ether oxygens (including phenoxy) is 2. The van der Waals surface area contributed by atoms with Crippen LogP contribution >= 0.6 is 0 Å². The van der Waals surface area contributed by atoms with Gasteiger partial charge in [-0.2, -0.15) is 0 Å². The van der Waals surface area contributed by atoms with Crippen LogP contribution in [0, 0.1) is 23.7 Å². The Hall–Kier alpha value is -1.06. The summed E-state index contributed by atoms with van der Waals surface area (Å²) in [5.74, 6) is 1.94. The van der Waals surface area contributed by atoms with Crippen LogP contribution in [0.25, 0.3) is 0 Å². The molecule has 0 aliphatic rings. The van der Waals surface area contributed by atoms with E-state index in [9.17, 15) is 9.59 Å². The second kappa shape index (κ2) is 26.2. The lowest BCUT2D eigenvalue weighted by Crippen LogP contribution is -2.23. The molecule has 0 aliphatic heterocycles. The highest BCUT2D eigenvalue weighted by molar-refractivity contribution is 5.72. The van der Waals surface area contributed by atoms with Crippen molar-refractivity contribution in [3.05, 3.63) is 0 Å². The third kappa shape index (κ3) is 25.2. The predicted molar refractivity (Wildman–Crippen MR) is 162 cm³/mol. The fourth-order valence-electron chi connectivity index (χ4n) is 4.97. The minimum Gasteiger partial charge on any atom is -0.466 e. The summed E-state index contributed by atoms with van der Waals surface area (Å²) in [7, 11) is 0. The first-order valence-electron chi connectivity index (χ1n) is 16.6. The Morgan fingerprint density at radius 2 is 0.868 bits per heavy atom. The molecule has 0 spiro atoms. The van der Waals surface area contributed by atoms with Crippen LogP contribution in [0.5, 0.6) is 0 Å². The van der Waals surface area contributed by atoms with Crippen LogP contribution in [-0.4, -0.2) is 25.2 Å². The van der Waals surface area contributed by atoms with E-state index in [-0.39, 0.29) is 17.9 Å². The van der Waals surface area contributed by atoms with Crippen LogP contribution in [0.3, 0.4) is 0 Å². The van der Waals surface area contributed by atoms with Crippen LogP contribution in [0.2, 0.25) is 0 Å². The number of carbonyl (C=O) groups is 2. The van der Waals surface area contributed by atoms with Crippen molar-refractivity contribution in [2.45, 2.75) is 170 Å². The second-order valence-corrected chi connectivity index (χ2v) is 12.8. The smallest absolute Gasteiger partial charge is 0.309 e. The SMILES string of the molecule is CC(C)CCCCCOC(=O)CCCCCCCCCCCCC(C(=O)OCCCCCC(C)C)C(C)C. The number of hydrogen-bond donors (Lipinski definition) is 0. The molecule has 0 bridgehead atoms. The summed E-state index contributed by atoms with van der Waals surface area (Å²) in [6.07, 6.45) is 22.9. The number of carbonyl (C=O) groups excluding carboxylic acids is 2. The second-order valence-electron chi connectivity index (χ2n) is 12.8. The van der Waals surface area contributed by atoms with E-state index in [1.165, 1.54) is 70.6 Å². The molecule has 0 fully saturated rings. The van der Waals surface area contributed by atoms with E-state index >= 15 is 0 Å². The van der Waals surface area contributed by atoms with E-state index < -0.39 is 0 Å². The van der Waals surface area contributed by atoms with Gasteiger partial charge in [0.25, 0.3) is 0 Å². The van der Waals surface area contributed by atoms with Gasteiger partial charge in [-0.25, -0.2) is 0 Å². The van der Waals surface area contributed by atoms with Crippen LogP contribution in [0.4, 0.5) is 0 Å². The van der Waals surface area contributed by atoms with Gasteiger partial charge in [-0.15, -0.1) is 0 Å². The molecule has 4 heteroatoms. The molecule has 0 heterocycles. The highest BCUT2D eigenvalue weighted by Crippen LogP contribution is 2.22. The molecule has 0 N–H and O–H groups in total. The summed E-state index contributed by atoms with van der Waals surface area (Å²) in [6, 6.07) is 0. The van der Waals surface area contributed by atoms with Crippen LogP contribution in [0.1, 0.15) is 170 Å². The summed E-state index contributed by atoms with van der Waals surface area (Å²) in [5, 5.41) is 0. The van der Waals surface area contributed by atoms with Gasteiger partial charge in [0.2, 0.25) is 0 Å². The Bertz CT molecular complexity index is 541. The molecular formula is C34H66O4. The van der Waals surface area contributed by atoms with Crippen molar-refractivity contribution in [1.82, 2.24) is 0 Å². The van der Waals surface area contributed by atoms with E-state index in [1.807, 2.05) is 0 Å². The molecule has 1 unspecified atom stereocenters. The summed E-state index contributed by atoms with van der Waals surface area (Å²) in [5.41, 5.74) is 0. The Labute approximate surface area is 237 Å². The van der Waals surface area contributed by atoms with Crippen LogP contribution in [-0.2, 0) is 19.1 Å². The van der Waals surface area contributed by atoms with Gasteiger partial charge in [-0.1, -0.05) is 138 Å². The number of hydrogen-bond acceptors (Lipinski definition) is 4. The van der Waals surface area contributed by atoms with Crippen molar-refractivity contribution in [2.24, 2.45) is 23.7 Å². The van der Waals surface area contributed by atoms with E-state index in [0.29, 0.717) is 25.6 Å². The topological polar surface area (TPSA) is 52.6 Å². The predicted octanol–water partition coefficient (Wildman–Crippen LogP) is 10.5. The third-order valence-electron chi connectivity index (χ3n) is 7.61. The zero-order valence-corrected chi connectivity index (χ0v) is 26.5. The van der Waals surface area contributed by atoms with Crippen molar-refractivity contribution in [3.63, 3.8) is 0 Å². The molecule has 38 heavy (non-hydrogen) atoms. The van der Waals surface area contributed by atoms with Gasteiger partial charge < -0.3 is 9.47 Å². The molecule has 4 nitrogen and oxygen atoms in total. The van der Waals surface area contributed by atoms with Gasteiger partial charge in [0, 0.05) is 6.42 Å². The largest absolute Gasteiger partial charge is 0.466 e. The molecule has 226 valence electrons. The third-order valence-corrected chi connectivity index (χ3v) is 7.61. The lowest BCUT2D eigenvalue weighted by atomic mass is 9.90. The lowest BCUT2D eigenvalue weighted by molar-refractivity contribution is -0.150. The van der Waals surface area contributed by atoms with Crippen molar-refractivity contribution in [3.8, 4) is 0 Å². The average Bonchev–Trinajstić information content (AvgIpc) is 2.85. The first kappa shape index (κ1) is 36.9. The maximum Gasteiger partial charge on any atom is 0.309 e. The number of unbranched alkanes of at least 4 members (excludes halogenated alkanes) is 13. The van der Waals surface area contributed by atoms with E-state index in [4.69, 9.17) is 9.47 Å². The van der Waals surface area contributed by atoms with Crippen LogP contribution < -0.4 is 0 Å². The lowest BCUT2D eigenvalue weighted by Gasteiger charge is -2.19. The van der Waals surface area contributed by atoms with Gasteiger partial charge in [-0.05, 0) is 43.4 Å². The monoisotopic (exact) mass is 538 g/mol. The molecule has 0 aromatic heterocycles. The van der Waals surface area contributed by atoms with E-state index in [0.717, 1.165) is 63.2 Å². The van der Waals surface area contributed by atoms with Crippen molar-refractivity contribution >= 4 is 11.9 Å². The quantitative estimate of drug-likeness (QED) is 0.0771. The zero-order chi connectivity index (χ0) is 28.4. The fourth-order valence-corrected chi connectivity index (χ4v) is 4.97. The van der Waals surface area contributed by atoms with Gasteiger partial charge >= 0.3 is 11.9 Å². The molecule has 0 saturated carbocycles. The Kier molecular flexibility index (Phi) is 25.4. The van der Waals surface area contributed by atoms with Gasteiger partial charge in [0.15, 0.2) is 0 Å². The van der Waals surface area contributed by atoms with Gasteiger partial charge in [0.1, 0.15) is 0 Å². The Morgan fingerprint density at radius 3 is 1.34 bits per heavy atom. The van der Waals surface area contributed by atoms with Crippen molar-refractivity contribution in [2.75, 3.05) is 13.2 Å². The first-order valence-corrected chi connectivity index (χ1v) is 16.6. The maximum atomic E-state index is 12.5. The normalized spacial score (nSPS) is 12.4. The van der Waals surface area contributed by atoms with Gasteiger partial charge in [0.05, 0.1) is 19.1 Å². The summed E-state index contributed by atoms with van der Waals surface area (Å²) in [4.78, 5) is 24.3. The molecule has 0 aromatic rings. The van der Waals surface area contributed by atoms with E-state index in [2.05, 4.69) is 41.5 Å². The summed E-state index contributed by atoms with van der Waals surface area (Å²) < 4.78 is 11.0. The molecule has 0 rings (SSSR count).